The number of carbonyl (C=O) groups is 1. The zero-order valence-corrected chi connectivity index (χ0v) is 14.3. The van der Waals surface area contributed by atoms with Crippen molar-refractivity contribution in [1.82, 2.24) is 9.88 Å². The minimum atomic E-state index is -0.102. The van der Waals surface area contributed by atoms with Crippen molar-refractivity contribution >= 4 is 5.91 Å². The molecule has 1 aromatic heterocycles. The van der Waals surface area contributed by atoms with Crippen LogP contribution in [0.4, 0.5) is 0 Å². The lowest BCUT2D eigenvalue weighted by Crippen LogP contribution is -2.26. The molecule has 0 spiro atoms. The summed E-state index contributed by atoms with van der Waals surface area (Å²) in [5.74, 6) is 1.44. The third-order valence-corrected chi connectivity index (χ3v) is 3.87. The van der Waals surface area contributed by atoms with Gasteiger partial charge in [0.25, 0.3) is 5.56 Å². The average Bonchev–Trinajstić information content (AvgIpc) is 2.68. The number of pyridine rings is 1. The first-order valence-corrected chi connectivity index (χ1v) is 8.45. The van der Waals surface area contributed by atoms with E-state index in [4.69, 9.17) is 4.74 Å². The van der Waals surface area contributed by atoms with Crippen LogP contribution < -0.4 is 15.6 Å². The van der Waals surface area contributed by atoms with E-state index in [1.165, 1.54) is 10.6 Å². The number of amides is 1. The summed E-state index contributed by atoms with van der Waals surface area (Å²) in [5, 5.41) is 2.86. The first-order valence-electron chi connectivity index (χ1n) is 8.45. The molecule has 3 aromatic rings. The smallest absolute Gasteiger partial charge is 0.250 e. The number of carbonyl (C=O) groups excluding carboxylic acids is 1. The number of rotatable bonds is 7. The second-order valence-corrected chi connectivity index (χ2v) is 5.82. The molecule has 26 heavy (non-hydrogen) atoms. The molecule has 2 aromatic carbocycles. The molecule has 5 nitrogen and oxygen atoms in total. The summed E-state index contributed by atoms with van der Waals surface area (Å²) in [6.45, 7) is 0.809. The van der Waals surface area contributed by atoms with Crippen LogP contribution in [0.15, 0.2) is 83.8 Å². The van der Waals surface area contributed by atoms with Gasteiger partial charge in [0.15, 0.2) is 0 Å². The summed E-state index contributed by atoms with van der Waals surface area (Å²) in [4.78, 5) is 23.6. The standard InChI is InChI=1S/C21H20N2O3/c24-20(13-15-23-14-5-4-8-21(23)25)22-16-17-9-11-19(12-10-17)26-18-6-2-1-3-7-18/h1-12,14H,13,15-16H2,(H,22,24). The van der Waals surface area contributed by atoms with Gasteiger partial charge in [-0.25, -0.2) is 0 Å². The second kappa shape index (κ2) is 8.67. The molecule has 3 rings (SSSR count). The summed E-state index contributed by atoms with van der Waals surface area (Å²) < 4.78 is 7.26. The Kier molecular flexibility index (Phi) is 5.83. The van der Waals surface area contributed by atoms with Gasteiger partial charge in [0, 0.05) is 31.8 Å². The normalized spacial score (nSPS) is 10.3. The van der Waals surface area contributed by atoms with Gasteiger partial charge in [0.2, 0.25) is 5.91 Å². The van der Waals surface area contributed by atoms with Gasteiger partial charge < -0.3 is 14.6 Å². The van der Waals surface area contributed by atoms with Crippen LogP contribution in [0.3, 0.4) is 0 Å². The van der Waals surface area contributed by atoms with E-state index in [0.717, 1.165) is 17.1 Å². The highest BCUT2D eigenvalue weighted by Gasteiger charge is 2.03. The van der Waals surface area contributed by atoms with E-state index in [-0.39, 0.29) is 17.9 Å². The summed E-state index contributed by atoms with van der Waals surface area (Å²) >= 11 is 0. The fourth-order valence-electron chi connectivity index (χ4n) is 2.46. The summed E-state index contributed by atoms with van der Waals surface area (Å²) in [7, 11) is 0. The topological polar surface area (TPSA) is 60.3 Å². The van der Waals surface area contributed by atoms with E-state index in [1.54, 1.807) is 18.3 Å². The molecule has 0 fully saturated rings. The van der Waals surface area contributed by atoms with Crippen molar-refractivity contribution in [3.63, 3.8) is 0 Å². The highest BCUT2D eigenvalue weighted by Crippen LogP contribution is 2.21. The fourth-order valence-corrected chi connectivity index (χ4v) is 2.46. The van der Waals surface area contributed by atoms with Crippen LogP contribution in [0.2, 0.25) is 0 Å². The number of benzene rings is 2. The van der Waals surface area contributed by atoms with Crippen molar-refractivity contribution in [2.75, 3.05) is 0 Å². The highest BCUT2D eigenvalue weighted by molar-refractivity contribution is 5.75. The third kappa shape index (κ3) is 5.08. The quantitative estimate of drug-likeness (QED) is 0.712. The maximum Gasteiger partial charge on any atom is 0.250 e. The molecule has 0 atom stereocenters. The Morgan fingerprint density at radius 3 is 2.31 bits per heavy atom. The Morgan fingerprint density at radius 1 is 0.885 bits per heavy atom. The lowest BCUT2D eigenvalue weighted by atomic mass is 10.2. The molecule has 0 saturated heterocycles. The van der Waals surface area contributed by atoms with Gasteiger partial charge >= 0.3 is 0 Å². The van der Waals surface area contributed by atoms with Crippen LogP contribution in [0.25, 0.3) is 0 Å². The number of aromatic nitrogens is 1. The van der Waals surface area contributed by atoms with Crippen molar-refractivity contribution < 1.29 is 9.53 Å². The zero-order valence-electron chi connectivity index (χ0n) is 14.3. The van der Waals surface area contributed by atoms with Crippen molar-refractivity contribution in [2.24, 2.45) is 0 Å². The van der Waals surface area contributed by atoms with Gasteiger partial charge in [0.05, 0.1) is 0 Å². The van der Waals surface area contributed by atoms with Gasteiger partial charge in [0.1, 0.15) is 11.5 Å². The Bertz CT molecular complexity index is 902. The summed E-state index contributed by atoms with van der Waals surface area (Å²) in [6, 6.07) is 22.1. The van der Waals surface area contributed by atoms with E-state index >= 15 is 0 Å². The zero-order chi connectivity index (χ0) is 18.2. The lowest BCUT2D eigenvalue weighted by Gasteiger charge is -2.08. The van der Waals surface area contributed by atoms with Crippen molar-refractivity contribution in [3.05, 3.63) is 94.9 Å². The molecule has 0 saturated carbocycles. The Balaban J connectivity index is 1.46. The number of hydrogen-bond donors (Lipinski definition) is 1. The van der Waals surface area contributed by atoms with Crippen LogP contribution in [-0.2, 0) is 17.9 Å². The molecule has 132 valence electrons. The molecule has 1 N–H and O–H groups in total. The van der Waals surface area contributed by atoms with Gasteiger partial charge in [-0.2, -0.15) is 0 Å². The first-order chi connectivity index (χ1) is 12.7. The van der Waals surface area contributed by atoms with E-state index in [0.29, 0.717) is 13.1 Å². The number of aryl methyl sites for hydroxylation is 1. The average molecular weight is 348 g/mol. The van der Waals surface area contributed by atoms with E-state index in [2.05, 4.69) is 5.32 Å². The van der Waals surface area contributed by atoms with Crippen LogP contribution in [0.1, 0.15) is 12.0 Å². The molecular formula is C21H20N2O3. The third-order valence-electron chi connectivity index (χ3n) is 3.87. The molecule has 1 heterocycles. The number of para-hydroxylation sites is 1. The predicted octanol–water partition coefficient (Wildman–Crippen LogP) is 3.35. The Morgan fingerprint density at radius 2 is 1.58 bits per heavy atom. The maximum atomic E-state index is 12.0. The fraction of sp³-hybridized carbons (Fsp3) is 0.143. The van der Waals surface area contributed by atoms with Crippen LogP contribution in [-0.4, -0.2) is 10.5 Å². The van der Waals surface area contributed by atoms with Crippen LogP contribution >= 0.6 is 0 Å². The monoisotopic (exact) mass is 348 g/mol. The van der Waals surface area contributed by atoms with E-state index < -0.39 is 0 Å². The Labute approximate surface area is 151 Å². The first kappa shape index (κ1) is 17.5. The molecule has 0 aliphatic carbocycles. The molecule has 0 bridgehead atoms. The molecular weight excluding hydrogens is 328 g/mol. The molecule has 0 aliphatic heterocycles. The van der Waals surface area contributed by atoms with Crippen molar-refractivity contribution in [1.29, 1.82) is 0 Å². The number of ether oxygens (including phenoxy) is 1. The van der Waals surface area contributed by atoms with Crippen LogP contribution in [0, 0.1) is 0 Å². The maximum absolute atomic E-state index is 12.0. The number of hydrogen-bond acceptors (Lipinski definition) is 3. The summed E-state index contributed by atoms with van der Waals surface area (Å²) in [5.41, 5.74) is 0.880. The predicted molar refractivity (Wildman–Crippen MR) is 100 cm³/mol. The minimum absolute atomic E-state index is 0.0923. The molecule has 0 radical (unpaired) electrons. The Hall–Kier alpha value is -3.34. The van der Waals surface area contributed by atoms with E-state index in [9.17, 15) is 9.59 Å². The van der Waals surface area contributed by atoms with Crippen LogP contribution in [0.5, 0.6) is 11.5 Å². The highest BCUT2D eigenvalue weighted by atomic mass is 16.5. The SMILES string of the molecule is O=C(CCn1ccccc1=O)NCc1ccc(Oc2ccccc2)cc1. The van der Waals surface area contributed by atoms with Crippen molar-refractivity contribution in [3.8, 4) is 11.5 Å². The van der Waals surface area contributed by atoms with Gasteiger partial charge in [-0.3, -0.25) is 9.59 Å². The number of nitrogens with zero attached hydrogens (tertiary/aromatic N) is 1. The second-order valence-electron chi connectivity index (χ2n) is 5.82. The van der Waals surface area contributed by atoms with Gasteiger partial charge in [-0.15, -0.1) is 0 Å². The van der Waals surface area contributed by atoms with Gasteiger partial charge in [-0.05, 0) is 35.9 Å². The minimum Gasteiger partial charge on any atom is -0.457 e. The largest absolute Gasteiger partial charge is 0.457 e. The molecule has 0 aliphatic rings. The summed E-state index contributed by atoms with van der Waals surface area (Å²) in [6.07, 6.45) is 1.94. The van der Waals surface area contributed by atoms with E-state index in [1.807, 2.05) is 54.6 Å². The number of nitrogens with one attached hydrogen (secondary N) is 1. The lowest BCUT2D eigenvalue weighted by molar-refractivity contribution is -0.121. The molecule has 5 heteroatoms. The van der Waals surface area contributed by atoms with Gasteiger partial charge in [-0.1, -0.05) is 36.4 Å². The molecule has 0 unspecified atom stereocenters. The van der Waals surface area contributed by atoms with Crippen molar-refractivity contribution in [2.45, 2.75) is 19.5 Å². The molecule has 1 amide bonds.